The summed E-state index contributed by atoms with van der Waals surface area (Å²) in [7, 11) is 0. The van der Waals surface area contributed by atoms with E-state index >= 15 is 0 Å². The summed E-state index contributed by atoms with van der Waals surface area (Å²) in [6, 6.07) is -0.0312. The van der Waals surface area contributed by atoms with Crippen molar-refractivity contribution in [3.63, 3.8) is 0 Å². The van der Waals surface area contributed by atoms with Gasteiger partial charge >= 0.3 is 6.09 Å². The van der Waals surface area contributed by atoms with E-state index in [4.69, 9.17) is 5.11 Å². The van der Waals surface area contributed by atoms with E-state index in [1.54, 1.807) is 6.20 Å². The summed E-state index contributed by atoms with van der Waals surface area (Å²) < 4.78 is 0.937. The quantitative estimate of drug-likeness (QED) is 0.779. The summed E-state index contributed by atoms with van der Waals surface area (Å²) in [6.45, 7) is 1.93. The number of hydrogen-bond acceptors (Lipinski definition) is 2. The first-order valence-corrected chi connectivity index (χ1v) is 5.89. The first kappa shape index (κ1) is 10.7. The largest absolute Gasteiger partial charge is 0.465 e. The molecule has 0 bridgehead atoms. The molecule has 1 aliphatic rings. The monoisotopic (exact) mass is 321 g/mol. The minimum Gasteiger partial charge on any atom is -0.465 e. The third-order valence-corrected chi connectivity index (χ3v) is 3.32. The SMILES string of the molecule is C[C@H]1CC[C@@H](c2ncc(I)[nH]2)N1C(=O)O. The van der Waals surface area contributed by atoms with E-state index in [1.807, 2.05) is 6.92 Å². The van der Waals surface area contributed by atoms with Crippen molar-refractivity contribution in [1.82, 2.24) is 14.9 Å². The molecular weight excluding hydrogens is 309 g/mol. The first-order chi connectivity index (χ1) is 7.09. The van der Waals surface area contributed by atoms with Gasteiger partial charge in [0, 0.05) is 6.04 Å². The van der Waals surface area contributed by atoms with Gasteiger partial charge in [0.2, 0.25) is 0 Å². The summed E-state index contributed by atoms with van der Waals surface area (Å²) in [6.07, 6.45) is 2.60. The van der Waals surface area contributed by atoms with Crippen molar-refractivity contribution in [2.75, 3.05) is 0 Å². The van der Waals surface area contributed by atoms with Crippen molar-refractivity contribution in [1.29, 1.82) is 0 Å². The number of aromatic nitrogens is 2. The van der Waals surface area contributed by atoms with Crippen molar-refractivity contribution < 1.29 is 9.90 Å². The number of nitrogens with zero attached hydrogens (tertiary/aromatic N) is 2. The van der Waals surface area contributed by atoms with Crippen molar-refractivity contribution in [2.45, 2.75) is 31.8 Å². The van der Waals surface area contributed by atoms with E-state index in [0.717, 1.165) is 22.4 Å². The highest BCUT2D eigenvalue weighted by atomic mass is 127. The molecule has 1 amide bonds. The predicted octanol–water partition coefficient (Wildman–Crippen LogP) is 2.22. The Morgan fingerprint density at radius 3 is 3.00 bits per heavy atom. The van der Waals surface area contributed by atoms with Gasteiger partial charge < -0.3 is 10.1 Å². The van der Waals surface area contributed by atoms with Crippen LogP contribution in [0.3, 0.4) is 0 Å². The molecule has 1 aromatic rings. The summed E-state index contributed by atoms with van der Waals surface area (Å²) in [4.78, 5) is 19.9. The average Bonchev–Trinajstić information content (AvgIpc) is 2.71. The van der Waals surface area contributed by atoms with E-state index in [2.05, 4.69) is 32.6 Å². The molecule has 1 fully saturated rings. The summed E-state index contributed by atoms with van der Waals surface area (Å²) in [5, 5.41) is 9.10. The van der Waals surface area contributed by atoms with E-state index in [0.29, 0.717) is 0 Å². The maximum Gasteiger partial charge on any atom is 0.408 e. The van der Waals surface area contributed by atoms with Crippen LogP contribution in [0.2, 0.25) is 0 Å². The first-order valence-electron chi connectivity index (χ1n) is 4.81. The fourth-order valence-corrected chi connectivity index (χ4v) is 2.47. The molecule has 82 valence electrons. The van der Waals surface area contributed by atoms with Crippen LogP contribution in [0.25, 0.3) is 0 Å². The Morgan fingerprint density at radius 2 is 2.47 bits per heavy atom. The number of likely N-dealkylation sites (tertiary alicyclic amines) is 1. The van der Waals surface area contributed by atoms with Gasteiger partial charge in [-0.15, -0.1) is 0 Å². The zero-order valence-corrected chi connectivity index (χ0v) is 10.4. The van der Waals surface area contributed by atoms with Crippen molar-refractivity contribution in [2.24, 2.45) is 0 Å². The number of nitrogens with one attached hydrogen (secondary N) is 1. The normalized spacial score (nSPS) is 25.9. The zero-order chi connectivity index (χ0) is 11.0. The van der Waals surface area contributed by atoms with Crippen LogP contribution in [0.5, 0.6) is 0 Å². The molecule has 2 rings (SSSR count). The van der Waals surface area contributed by atoms with Crippen molar-refractivity contribution >= 4 is 28.7 Å². The van der Waals surface area contributed by atoms with Crippen LogP contribution in [0.15, 0.2) is 6.20 Å². The third kappa shape index (κ3) is 1.95. The van der Waals surface area contributed by atoms with E-state index in [9.17, 15) is 4.79 Å². The second kappa shape index (κ2) is 3.99. The third-order valence-electron chi connectivity index (χ3n) is 2.77. The zero-order valence-electron chi connectivity index (χ0n) is 8.27. The molecule has 2 N–H and O–H groups in total. The molecule has 0 aliphatic carbocycles. The molecule has 1 saturated heterocycles. The highest BCUT2D eigenvalue weighted by Crippen LogP contribution is 2.34. The van der Waals surface area contributed by atoms with Gasteiger partial charge in [-0.3, -0.25) is 4.90 Å². The molecule has 1 aromatic heterocycles. The second-order valence-corrected chi connectivity index (χ2v) is 4.91. The van der Waals surface area contributed by atoms with Gasteiger partial charge in [0.15, 0.2) is 0 Å². The Bertz CT molecular complexity index is 379. The van der Waals surface area contributed by atoms with Gasteiger partial charge in [-0.25, -0.2) is 9.78 Å². The number of carboxylic acid groups (broad SMARTS) is 1. The lowest BCUT2D eigenvalue weighted by Crippen LogP contribution is -2.34. The number of amides is 1. The maximum absolute atomic E-state index is 11.1. The van der Waals surface area contributed by atoms with Crippen LogP contribution in [0, 0.1) is 3.70 Å². The molecule has 2 atom stereocenters. The topological polar surface area (TPSA) is 69.2 Å². The van der Waals surface area contributed by atoms with Gasteiger partial charge in [-0.05, 0) is 42.4 Å². The number of hydrogen-bond donors (Lipinski definition) is 2. The molecule has 1 aliphatic heterocycles. The van der Waals surface area contributed by atoms with Crippen molar-refractivity contribution in [3.8, 4) is 0 Å². The Labute approximate surface area is 101 Å². The highest BCUT2D eigenvalue weighted by Gasteiger charge is 2.36. The minimum atomic E-state index is -0.864. The lowest BCUT2D eigenvalue weighted by Gasteiger charge is -2.23. The summed E-state index contributed by atoms with van der Waals surface area (Å²) in [5.74, 6) is 0.756. The number of rotatable bonds is 1. The van der Waals surface area contributed by atoms with Crippen LogP contribution in [0.4, 0.5) is 4.79 Å². The Morgan fingerprint density at radius 1 is 1.73 bits per heavy atom. The molecule has 6 heteroatoms. The van der Waals surface area contributed by atoms with Crippen LogP contribution in [-0.2, 0) is 0 Å². The molecule has 0 radical (unpaired) electrons. The van der Waals surface area contributed by atoms with E-state index in [1.165, 1.54) is 4.90 Å². The second-order valence-electron chi connectivity index (χ2n) is 3.75. The average molecular weight is 321 g/mol. The van der Waals surface area contributed by atoms with E-state index < -0.39 is 6.09 Å². The van der Waals surface area contributed by atoms with Gasteiger partial charge in [0.05, 0.1) is 15.9 Å². The maximum atomic E-state index is 11.1. The Hall–Kier alpha value is -0.790. The van der Waals surface area contributed by atoms with Crippen LogP contribution in [0.1, 0.15) is 31.6 Å². The lowest BCUT2D eigenvalue weighted by molar-refractivity contribution is 0.123. The van der Waals surface area contributed by atoms with Gasteiger partial charge in [-0.2, -0.15) is 0 Å². The Balaban J connectivity index is 2.25. The minimum absolute atomic E-state index is 0.0789. The molecule has 0 saturated carbocycles. The number of carbonyl (C=O) groups is 1. The van der Waals surface area contributed by atoms with Crippen LogP contribution >= 0.6 is 22.6 Å². The summed E-state index contributed by atoms with van der Waals surface area (Å²) >= 11 is 2.13. The summed E-state index contributed by atoms with van der Waals surface area (Å²) in [5.41, 5.74) is 0. The van der Waals surface area contributed by atoms with Gasteiger partial charge in [0.1, 0.15) is 5.82 Å². The van der Waals surface area contributed by atoms with Gasteiger partial charge in [-0.1, -0.05) is 0 Å². The van der Waals surface area contributed by atoms with E-state index in [-0.39, 0.29) is 12.1 Å². The smallest absolute Gasteiger partial charge is 0.408 e. The van der Waals surface area contributed by atoms with Crippen LogP contribution in [-0.4, -0.2) is 32.1 Å². The number of aromatic amines is 1. The van der Waals surface area contributed by atoms with Gasteiger partial charge in [0.25, 0.3) is 0 Å². The standard InChI is InChI=1S/C9H12IN3O2/c1-5-2-3-6(13(5)9(14)15)8-11-4-7(10)12-8/h4-6H,2-3H2,1H3,(H,11,12)(H,14,15)/t5-,6-/m0/s1. The molecule has 15 heavy (non-hydrogen) atoms. The molecule has 0 unspecified atom stereocenters. The molecule has 2 heterocycles. The fraction of sp³-hybridized carbons (Fsp3) is 0.556. The number of halogens is 1. The number of H-pyrrole nitrogens is 1. The van der Waals surface area contributed by atoms with Crippen LogP contribution < -0.4 is 0 Å². The number of imidazole rings is 1. The highest BCUT2D eigenvalue weighted by molar-refractivity contribution is 14.1. The molecule has 5 nitrogen and oxygen atoms in total. The Kier molecular flexibility index (Phi) is 2.85. The fourth-order valence-electron chi connectivity index (χ4n) is 2.06. The predicted molar refractivity (Wildman–Crippen MR) is 62.6 cm³/mol. The molecular formula is C9H12IN3O2. The molecule has 0 spiro atoms. The lowest BCUT2D eigenvalue weighted by atomic mass is 10.2. The van der Waals surface area contributed by atoms with Crippen molar-refractivity contribution in [3.05, 3.63) is 15.7 Å². The molecule has 0 aromatic carbocycles.